The van der Waals surface area contributed by atoms with Crippen LogP contribution in [0.5, 0.6) is 0 Å². The van der Waals surface area contributed by atoms with Gasteiger partial charge >= 0.3 is 0 Å². The van der Waals surface area contributed by atoms with Crippen LogP contribution < -0.4 is 0 Å². The summed E-state index contributed by atoms with van der Waals surface area (Å²) in [5.41, 5.74) is 7.00. The summed E-state index contributed by atoms with van der Waals surface area (Å²) in [5.74, 6) is 0. The van der Waals surface area contributed by atoms with Gasteiger partial charge < -0.3 is 0 Å². The van der Waals surface area contributed by atoms with Gasteiger partial charge in [0.1, 0.15) is 0 Å². The quantitative estimate of drug-likeness (QED) is 0.542. The molecule has 1 aliphatic rings. The van der Waals surface area contributed by atoms with Gasteiger partial charge in [-0.1, -0.05) is 72.3 Å². The second-order valence-corrected chi connectivity index (χ2v) is 5.57. The SMILES string of the molecule is CC1=Cc2c(cccc2-c2cccc3ccccc23)C1. The van der Waals surface area contributed by atoms with Crippen molar-refractivity contribution in [1.82, 2.24) is 0 Å². The molecule has 3 aromatic rings. The maximum atomic E-state index is 2.34. The summed E-state index contributed by atoms with van der Waals surface area (Å²) < 4.78 is 0. The van der Waals surface area contributed by atoms with E-state index in [2.05, 4.69) is 73.7 Å². The second kappa shape index (κ2) is 4.35. The van der Waals surface area contributed by atoms with Crippen molar-refractivity contribution in [3.63, 3.8) is 0 Å². The highest BCUT2D eigenvalue weighted by atomic mass is 14.2. The molecule has 0 saturated carbocycles. The zero-order chi connectivity index (χ0) is 13.5. The van der Waals surface area contributed by atoms with Crippen LogP contribution in [-0.2, 0) is 6.42 Å². The third-order valence-electron chi connectivity index (χ3n) is 4.14. The van der Waals surface area contributed by atoms with E-state index in [1.165, 1.54) is 38.6 Å². The fourth-order valence-corrected chi connectivity index (χ4v) is 3.23. The minimum absolute atomic E-state index is 1.09. The van der Waals surface area contributed by atoms with Gasteiger partial charge in [0, 0.05) is 0 Å². The number of allylic oxidation sites excluding steroid dienone is 1. The highest BCUT2D eigenvalue weighted by Gasteiger charge is 2.15. The summed E-state index contributed by atoms with van der Waals surface area (Å²) in [5, 5.41) is 2.64. The van der Waals surface area contributed by atoms with Crippen LogP contribution >= 0.6 is 0 Å². The summed E-state index contributed by atoms with van der Waals surface area (Å²) in [6, 6.07) is 21.9. The Bertz CT molecular complexity index is 832. The van der Waals surface area contributed by atoms with E-state index in [9.17, 15) is 0 Å². The van der Waals surface area contributed by atoms with Crippen LogP contribution in [0.4, 0.5) is 0 Å². The first kappa shape index (κ1) is 11.5. The van der Waals surface area contributed by atoms with Crippen molar-refractivity contribution < 1.29 is 0 Å². The zero-order valence-electron chi connectivity index (χ0n) is 11.6. The monoisotopic (exact) mass is 256 g/mol. The summed E-state index contributed by atoms with van der Waals surface area (Å²) in [6.07, 6.45) is 3.43. The van der Waals surface area contributed by atoms with Gasteiger partial charge in [0.2, 0.25) is 0 Å². The molecule has 0 nitrogen and oxygen atoms in total. The van der Waals surface area contributed by atoms with E-state index in [4.69, 9.17) is 0 Å². The maximum absolute atomic E-state index is 2.34. The third kappa shape index (κ3) is 1.69. The molecule has 0 heterocycles. The molecule has 1 aliphatic carbocycles. The van der Waals surface area contributed by atoms with E-state index in [1.54, 1.807) is 0 Å². The number of fused-ring (bicyclic) bond motifs is 2. The Morgan fingerprint density at radius 1 is 0.750 bits per heavy atom. The average Bonchev–Trinajstić information content (AvgIpc) is 2.87. The van der Waals surface area contributed by atoms with Crippen LogP contribution in [-0.4, -0.2) is 0 Å². The Morgan fingerprint density at radius 2 is 1.50 bits per heavy atom. The Hall–Kier alpha value is -2.34. The fraction of sp³-hybridized carbons (Fsp3) is 0.100. The lowest BCUT2D eigenvalue weighted by Gasteiger charge is -2.11. The van der Waals surface area contributed by atoms with Gasteiger partial charge in [0.05, 0.1) is 0 Å². The van der Waals surface area contributed by atoms with E-state index in [-0.39, 0.29) is 0 Å². The Labute approximate surface area is 119 Å². The Morgan fingerprint density at radius 3 is 2.45 bits per heavy atom. The largest absolute Gasteiger partial charge is 0.0683 e. The minimum atomic E-state index is 1.09. The van der Waals surface area contributed by atoms with Gasteiger partial charge in [-0.3, -0.25) is 0 Å². The molecule has 0 aliphatic heterocycles. The molecule has 3 aromatic carbocycles. The molecule has 0 spiro atoms. The van der Waals surface area contributed by atoms with Crippen molar-refractivity contribution in [2.24, 2.45) is 0 Å². The highest BCUT2D eigenvalue weighted by Crippen LogP contribution is 2.36. The average molecular weight is 256 g/mol. The van der Waals surface area contributed by atoms with Crippen molar-refractivity contribution >= 4 is 16.8 Å². The molecule has 0 heteroatoms. The lowest BCUT2D eigenvalue weighted by atomic mass is 9.93. The first-order valence-corrected chi connectivity index (χ1v) is 7.10. The van der Waals surface area contributed by atoms with Crippen LogP contribution in [0.1, 0.15) is 18.1 Å². The van der Waals surface area contributed by atoms with Crippen molar-refractivity contribution in [2.45, 2.75) is 13.3 Å². The Balaban J connectivity index is 2.04. The van der Waals surface area contributed by atoms with Gasteiger partial charge in [-0.15, -0.1) is 0 Å². The molecular formula is C20H16. The van der Waals surface area contributed by atoms with E-state index < -0.39 is 0 Å². The highest BCUT2D eigenvalue weighted by molar-refractivity contribution is 5.99. The van der Waals surface area contributed by atoms with Crippen molar-refractivity contribution in [3.05, 3.63) is 77.4 Å². The molecule has 0 atom stereocenters. The standard InChI is InChI=1S/C20H16/c1-14-12-16-8-5-11-19(20(16)13-14)18-10-4-7-15-6-2-3-9-17(15)18/h2-11,13H,12H2,1H3. The molecule has 0 saturated heterocycles. The normalized spacial score (nSPS) is 13.3. The second-order valence-electron chi connectivity index (χ2n) is 5.57. The van der Waals surface area contributed by atoms with Crippen molar-refractivity contribution in [2.75, 3.05) is 0 Å². The van der Waals surface area contributed by atoms with Crippen molar-refractivity contribution in [1.29, 1.82) is 0 Å². The smallest absolute Gasteiger partial charge is 0.00604 e. The molecule has 0 bridgehead atoms. The maximum Gasteiger partial charge on any atom is -0.00604 e. The lowest BCUT2D eigenvalue weighted by Crippen LogP contribution is -1.88. The summed E-state index contributed by atoms with van der Waals surface area (Å²) >= 11 is 0. The predicted octanol–water partition coefficient (Wildman–Crippen LogP) is 5.47. The molecule has 0 aromatic heterocycles. The first-order chi connectivity index (χ1) is 9.83. The molecule has 96 valence electrons. The summed E-state index contributed by atoms with van der Waals surface area (Å²) in [4.78, 5) is 0. The van der Waals surface area contributed by atoms with Gasteiger partial charge in [0.25, 0.3) is 0 Å². The van der Waals surface area contributed by atoms with E-state index in [0.717, 1.165) is 6.42 Å². The van der Waals surface area contributed by atoms with E-state index in [0.29, 0.717) is 0 Å². The molecule has 20 heavy (non-hydrogen) atoms. The predicted molar refractivity (Wildman–Crippen MR) is 86.7 cm³/mol. The molecule has 0 unspecified atom stereocenters. The number of benzene rings is 3. The molecular weight excluding hydrogens is 240 g/mol. The first-order valence-electron chi connectivity index (χ1n) is 7.10. The zero-order valence-corrected chi connectivity index (χ0v) is 11.6. The van der Waals surface area contributed by atoms with Crippen LogP contribution in [0, 0.1) is 0 Å². The van der Waals surface area contributed by atoms with Gasteiger partial charge in [-0.25, -0.2) is 0 Å². The number of rotatable bonds is 1. The molecule has 4 rings (SSSR count). The van der Waals surface area contributed by atoms with Crippen LogP contribution in [0.3, 0.4) is 0 Å². The topological polar surface area (TPSA) is 0 Å². The fourth-order valence-electron chi connectivity index (χ4n) is 3.23. The third-order valence-corrected chi connectivity index (χ3v) is 4.14. The van der Waals surface area contributed by atoms with Gasteiger partial charge in [0.15, 0.2) is 0 Å². The minimum Gasteiger partial charge on any atom is -0.0683 e. The summed E-state index contributed by atoms with van der Waals surface area (Å²) in [6.45, 7) is 2.22. The van der Waals surface area contributed by atoms with Crippen LogP contribution in [0.15, 0.2) is 66.2 Å². The van der Waals surface area contributed by atoms with Crippen molar-refractivity contribution in [3.8, 4) is 11.1 Å². The van der Waals surface area contributed by atoms with E-state index in [1.807, 2.05) is 0 Å². The molecule has 0 radical (unpaired) electrons. The molecule has 0 amide bonds. The van der Waals surface area contributed by atoms with Gasteiger partial charge in [-0.2, -0.15) is 0 Å². The van der Waals surface area contributed by atoms with Crippen LogP contribution in [0.25, 0.3) is 28.0 Å². The lowest BCUT2D eigenvalue weighted by molar-refractivity contribution is 1.20. The van der Waals surface area contributed by atoms with E-state index >= 15 is 0 Å². The number of hydrogen-bond donors (Lipinski definition) is 0. The number of hydrogen-bond acceptors (Lipinski definition) is 0. The molecule has 0 N–H and O–H groups in total. The van der Waals surface area contributed by atoms with Crippen LogP contribution in [0.2, 0.25) is 0 Å². The Kier molecular flexibility index (Phi) is 2.50. The summed E-state index contributed by atoms with van der Waals surface area (Å²) in [7, 11) is 0. The molecule has 0 fully saturated rings. The van der Waals surface area contributed by atoms with Gasteiger partial charge in [-0.05, 0) is 46.4 Å².